The Kier molecular flexibility index (Phi) is 6.68. The van der Waals surface area contributed by atoms with E-state index in [9.17, 15) is 10.2 Å². The highest BCUT2D eigenvalue weighted by Crippen LogP contribution is 2.62. The van der Waals surface area contributed by atoms with Crippen molar-refractivity contribution < 1.29 is 19.9 Å². The van der Waals surface area contributed by atoms with E-state index < -0.39 is 0 Å². The van der Waals surface area contributed by atoms with Crippen LogP contribution in [0.3, 0.4) is 0 Å². The first-order valence-corrected chi connectivity index (χ1v) is 16.8. The van der Waals surface area contributed by atoms with Gasteiger partial charge in [-0.15, -0.1) is 0 Å². The van der Waals surface area contributed by atoms with Crippen LogP contribution in [0.15, 0.2) is 36.4 Å². The maximum atomic E-state index is 10.7. The Balaban J connectivity index is 0.870. The van der Waals surface area contributed by atoms with Crippen LogP contribution in [-0.2, 0) is 12.8 Å². The van der Waals surface area contributed by atoms with Crippen molar-refractivity contribution in [2.24, 2.45) is 34.5 Å². The van der Waals surface area contributed by atoms with Gasteiger partial charge < -0.3 is 19.9 Å². The molecule has 42 heavy (non-hydrogen) atoms. The molecule has 6 unspecified atom stereocenters. The fourth-order valence-corrected chi connectivity index (χ4v) is 11.3. The molecule has 0 heterocycles. The highest BCUT2D eigenvalue weighted by Gasteiger charge is 2.55. The third kappa shape index (κ3) is 4.19. The van der Waals surface area contributed by atoms with E-state index in [-0.39, 0.29) is 23.0 Å². The molecule has 2 aromatic carbocycles. The van der Waals surface area contributed by atoms with Gasteiger partial charge in [0, 0.05) is 0 Å². The number of aliphatic hydroxyl groups excluding tert-OH is 2. The van der Waals surface area contributed by atoms with Crippen LogP contribution in [0, 0.1) is 34.5 Å². The Hall–Kier alpha value is -2.12. The molecule has 0 saturated heterocycles. The zero-order valence-electron chi connectivity index (χ0n) is 25.3. The number of nitrogens with one attached hydrogen (secondary N) is 2. The molecule has 6 aliphatic carbocycles. The van der Waals surface area contributed by atoms with Crippen molar-refractivity contribution in [3.63, 3.8) is 0 Å². The van der Waals surface area contributed by atoms with E-state index in [1.54, 1.807) is 0 Å². The fraction of sp³-hybridized carbons (Fsp3) is 0.667. The number of hydrazine groups is 1. The second-order valence-electron chi connectivity index (χ2n) is 15.2. The summed E-state index contributed by atoms with van der Waals surface area (Å²) in [6.07, 6.45) is 13.3. The standard InChI is InChI=1S/C36H48N2O4/c1-35-17-15-27-25-9-5-23(19-21(25)3-7-29(27)31(35)11-13-33(35)39)41-37-38-42-24-6-10-26-22(20-24)4-8-30-28(26)16-18-36(2)32(30)12-14-34(36)40/h5-6,9-10,19-20,27-34,37-40H,3-4,7-8,11-18H2,1-2H3/t27?,28?,29?,30?,31?,32?,33-,34-,35-,36-/m0/s1. The lowest BCUT2D eigenvalue weighted by atomic mass is 9.55. The Labute approximate surface area is 250 Å². The summed E-state index contributed by atoms with van der Waals surface area (Å²) in [5.41, 5.74) is 11.6. The van der Waals surface area contributed by atoms with Gasteiger partial charge in [0.25, 0.3) is 0 Å². The van der Waals surface area contributed by atoms with Crippen molar-refractivity contribution in [1.82, 2.24) is 11.2 Å². The molecule has 4 fully saturated rings. The lowest BCUT2D eigenvalue weighted by molar-refractivity contribution is -0.0227. The molecule has 226 valence electrons. The molecule has 0 spiro atoms. The molecule has 0 aliphatic heterocycles. The normalized spacial score (nSPS) is 41.5. The molecule has 4 N–H and O–H groups in total. The summed E-state index contributed by atoms with van der Waals surface area (Å²) in [4.78, 5) is 11.7. The van der Waals surface area contributed by atoms with Gasteiger partial charge in [-0.25, -0.2) is 0 Å². The topological polar surface area (TPSA) is 83.0 Å². The largest absolute Gasteiger partial charge is 0.393 e. The average molecular weight is 573 g/mol. The number of aliphatic hydroxyl groups is 2. The van der Waals surface area contributed by atoms with Gasteiger partial charge in [0.05, 0.1) is 12.2 Å². The van der Waals surface area contributed by atoms with Gasteiger partial charge in [-0.3, -0.25) is 0 Å². The maximum Gasteiger partial charge on any atom is 0.149 e. The predicted molar refractivity (Wildman–Crippen MR) is 162 cm³/mol. The number of fused-ring (bicyclic) bond motifs is 10. The Bertz CT molecular complexity index is 1250. The highest BCUT2D eigenvalue weighted by molar-refractivity contribution is 5.42. The summed E-state index contributed by atoms with van der Waals surface area (Å²) in [5.74, 6) is 5.52. The van der Waals surface area contributed by atoms with Gasteiger partial charge in [-0.05, 0) is 170 Å². The van der Waals surface area contributed by atoms with Crippen LogP contribution in [0.2, 0.25) is 0 Å². The fourth-order valence-electron chi connectivity index (χ4n) is 11.3. The van der Waals surface area contributed by atoms with Crippen molar-refractivity contribution in [2.45, 2.75) is 115 Å². The second kappa shape index (κ2) is 10.2. The van der Waals surface area contributed by atoms with Crippen molar-refractivity contribution in [3.8, 4) is 11.5 Å². The summed E-state index contributed by atoms with van der Waals surface area (Å²) in [5, 5.41) is 21.3. The molecule has 2 aromatic rings. The number of rotatable bonds is 5. The van der Waals surface area contributed by atoms with Crippen LogP contribution >= 0.6 is 0 Å². The Morgan fingerprint density at radius 1 is 0.619 bits per heavy atom. The van der Waals surface area contributed by atoms with E-state index in [0.717, 1.165) is 50.0 Å². The number of benzene rings is 2. The minimum Gasteiger partial charge on any atom is -0.393 e. The smallest absolute Gasteiger partial charge is 0.149 e. The van der Waals surface area contributed by atoms with Gasteiger partial charge in [0.15, 0.2) is 0 Å². The first kappa shape index (κ1) is 27.4. The van der Waals surface area contributed by atoms with Gasteiger partial charge >= 0.3 is 0 Å². The van der Waals surface area contributed by atoms with Gasteiger partial charge in [-0.1, -0.05) is 37.2 Å². The van der Waals surface area contributed by atoms with E-state index in [1.165, 1.54) is 60.8 Å². The van der Waals surface area contributed by atoms with E-state index in [1.807, 2.05) is 0 Å². The third-order valence-electron chi connectivity index (χ3n) is 13.7. The van der Waals surface area contributed by atoms with E-state index in [4.69, 9.17) is 9.68 Å². The number of hydrogen-bond donors (Lipinski definition) is 4. The van der Waals surface area contributed by atoms with E-state index in [2.05, 4.69) is 61.4 Å². The summed E-state index contributed by atoms with van der Waals surface area (Å²) in [7, 11) is 0. The molecule has 10 atom stereocenters. The molecule has 0 bridgehead atoms. The van der Waals surface area contributed by atoms with Crippen molar-refractivity contribution in [1.29, 1.82) is 0 Å². The number of aryl methyl sites for hydroxylation is 2. The summed E-state index contributed by atoms with van der Waals surface area (Å²) < 4.78 is 0. The zero-order chi connectivity index (χ0) is 28.6. The summed E-state index contributed by atoms with van der Waals surface area (Å²) in [6.45, 7) is 4.68. The maximum absolute atomic E-state index is 10.7. The van der Waals surface area contributed by atoms with Crippen LogP contribution in [0.5, 0.6) is 11.5 Å². The van der Waals surface area contributed by atoms with Crippen LogP contribution in [0.1, 0.15) is 112 Å². The van der Waals surface area contributed by atoms with E-state index >= 15 is 0 Å². The zero-order valence-corrected chi connectivity index (χ0v) is 25.3. The second-order valence-corrected chi connectivity index (χ2v) is 15.2. The average Bonchev–Trinajstić information content (AvgIpc) is 3.48. The molecular weight excluding hydrogens is 524 g/mol. The first-order valence-electron chi connectivity index (χ1n) is 16.8. The van der Waals surface area contributed by atoms with Crippen LogP contribution < -0.4 is 20.9 Å². The predicted octanol–water partition coefficient (Wildman–Crippen LogP) is 6.50. The molecule has 0 radical (unpaired) electrons. The van der Waals surface area contributed by atoms with Gasteiger partial charge in [-0.2, -0.15) is 0 Å². The van der Waals surface area contributed by atoms with Gasteiger partial charge in [0.2, 0.25) is 0 Å². The highest BCUT2D eigenvalue weighted by atomic mass is 16.8. The Morgan fingerprint density at radius 2 is 1.07 bits per heavy atom. The van der Waals surface area contributed by atoms with Crippen LogP contribution in [0.4, 0.5) is 0 Å². The van der Waals surface area contributed by atoms with Crippen LogP contribution in [-0.4, -0.2) is 22.4 Å². The lowest BCUT2D eigenvalue weighted by Gasteiger charge is -2.50. The summed E-state index contributed by atoms with van der Waals surface area (Å²) in [6, 6.07) is 13.1. The molecule has 6 aliphatic rings. The molecule has 6 nitrogen and oxygen atoms in total. The minimum absolute atomic E-state index is 0.119. The van der Waals surface area contributed by atoms with Crippen molar-refractivity contribution in [2.75, 3.05) is 0 Å². The monoisotopic (exact) mass is 572 g/mol. The lowest BCUT2D eigenvalue weighted by Crippen LogP contribution is -2.44. The quantitative estimate of drug-likeness (QED) is 0.242. The van der Waals surface area contributed by atoms with Crippen LogP contribution in [0.25, 0.3) is 0 Å². The molecule has 6 heteroatoms. The molecule has 0 aromatic heterocycles. The third-order valence-corrected chi connectivity index (χ3v) is 13.7. The van der Waals surface area contributed by atoms with Gasteiger partial charge in [0.1, 0.15) is 11.5 Å². The molecule has 8 rings (SSSR count). The molecule has 4 saturated carbocycles. The molecular formula is C36H48N2O4. The number of hydrogen-bond acceptors (Lipinski definition) is 6. The first-order chi connectivity index (χ1) is 20.3. The Morgan fingerprint density at radius 3 is 1.52 bits per heavy atom. The minimum atomic E-state index is -0.119. The molecule has 0 amide bonds. The van der Waals surface area contributed by atoms with Crippen molar-refractivity contribution >= 4 is 0 Å². The van der Waals surface area contributed by atoms with Crippen molar-refractivity contribution in [3.05, 3.63) is 58.7 Å². The van der Waals surface area contributed by atoms with E-state index in [0.29, 0.717) is 35.5 Å². The SMILES string of the molecule is C[C@]12CCC3c4ccc(ONNOc5ccc6c(c5)CCC5C6CC[C@@]6(C)C5CC[C@@H]6O)cc4CCC3C1CC[C@@H]2O. The summed E-state index contributed by atoms with van der Waals surface area (Å²) >= 11 is 0.